The number of nitrogens with one attached hydrogen (secondary N) is 1. The third-order valence-electron chi connectivity index (χ3n) is 3.04. The summed E-state index contributed by atoms with van der Waals surface area (Å²) >= 11 is 6.50. The summed E-state index contributed by atoms with van der Waals surface area (Å²) in [6, 6.07) is 3.81. The summed E-state index contributed by atoms with van der Waals surface area (Å²) in [5, 5.41) is 0. The number of benzene rings is 1. The van der Waals surface area contributed by atoms with Gasteiger partial charge in [0.1, 0.15) is 0 Å². The van der Waals surface area contributed by atoms with E-state index in [2.05, 4.69) is 67.8 Å². The molecule has 0 heterocycles. The molecular weight excluding hydrogens is 687 g/mol. The van der Waals surface area contributed by atoms with Crippen molar-refractivity contribution >= 4 is 89.7 Å². The summed E-state index contributed by atoms with van der Waals surface area (Å²) < 4.78 is 31.9. The zero-order valence-corrected chi connectivity index (χ0v) is 20.8. The molecule has 0 radical (unpaired) electrons. The molecule has 1 aromatic rings. The molecule has 0 aliphatic rings. The molecule has 140 valence electrons. The van der Waals surface area contributed by atoms with Crippen LogP contribution < -0.4 is 4.72 Å². The summed E-state index contributed by atoms with van der Waals surface area (Å²) in [5.41, 5.74) is 0.578. The number of hydrogen-bond donors (Lipinski definition) is 1. The highest BCUT2D eigenvalue weighted by Gasteiger charge is 2.15. The number of esters is 1. The second-order valence-corrected chi connectivity index (χ2v) is 10.6. The van der Waals surface area contributed by atoms with Crippen LogP contribution in [0, 0.1) is 10.7 Å². The molecule has 0 unspecified atom stereocenters. The predicted octanol–water partition coefficient (Wildman–Crippen LogP) is 3.68. The van der Waals surface area contributed by atoms with Crippen LogP contribution in [0.5, 0.6) is 0 Å². The molecule has 1 rings (SSSR count). The number of halogens is 3. The molecule has 0 aliphatic carbocycles. The van der Waals surface area contributed by atoms with E-state index < -0.39 is 15.9 Å². The topological polar surface area (TPSA) is 89.5 Å². The lowest BCUT2D eigenvalue weighted by Crippen LogP contribution is -2.28. The Kier molecular flexibility index (Phi) is 10.5. The fourth-order valence-electron chi connectivity index (χ4n) is 1.95. The molecule has 6 nitrogen and oxygen atoms in total. The molecule has 0 saturated heterocycles. The Labute approximate surface area is 188 Å². The number of amides is 1. The molecule has 1 aromatic carbocycles. The molecule has 0 aromatic heterocycles. The minimum absolute atomic E-state index is 0.173. The van der Waals surface area contributed by atoms with Crippen LogP contribution in [0.2, 0.25) is 0 Å². The van der Waals surface area contributed by atoms with Gasteiger partial charge in [-0.2, -0.15) is 0 Å². The number of carbonyl (C=O) groups excluding carboxylic acids is 2. The molecule has 0 fully saturated rings. The zero-order valence-electron chi connectivity index (χ0n) is 13.5. The smallest absolute Gasteiger partial charge is 0.339 e. The highest BCUT2D eigenvalue weighted by atomic mass is 127. The van der Waals surface area contributed by atoms with Gasteiger partial charge < -0.3 is 4.74 Å². The van der Waals surface area contributed by atoms with Crippen LogP contribution >= 0.6 is 67.8 Å². The van der Waals surface area contributed by atoms with Gasteiger partial charge in [0.2, 0.25) is 15.9 Å². The maximum atomic E-state index is 12.1. The number of carbonyl (C=O) groups is 2. The Bertz CT molecular complexity index is 737. The van der Waals surface area contributed by atoms with Crippen LogP contribution in [-0.2, 0) is 19.6 Å². The summed E-state index contributed by atoms with van der Waals surface area (Å²) in [5.74, 6) is -0.815. The fourth-order valence-corrected chi connectivity index (χ4v) is 4.84. The Morgan fingerprint density at radius 3 is 2.36 bits per heavy atom. The average molecular weight is 705 g/mol. The van der Waals surface area contributed by atoms with Crippen molar-refractivity contribution in [3.63, 3.8) is 0 Å². The third-order valence-corrected chi connectivity index (χ3v) is 7.31. The zero-order chi connectivity index (χ0) is 19.0. The molecule has 1 N–H and O–H groups in total. The van der Waals surface area contributed by atoms with E-state index in [1.54, 1.807) is 0 Å². The average Bonchev–Trinajstić information content (AvgIpc) is 2.47. The van der Waals surface area contributed by atoms with Crippen LogP contribution in [-0.4, -0.2) is 33.2 Å². The van der Waals surface area contributed by atoms with Gasteiger partial charge in [0.05, 0.1) is 18.4 Å². The summed E-state index contributed by atoms with van der Waals surface area (Å²) in [6.07, 6.45) is 4.01. The van der Waals surface area contributed by atoms with Gasteiger partial charge >= 0.3 is 5.97 Å². The van der Waals surface area contributed by atoms with Crippen LogP contribution in [0.25, 0.3) is 0 Å². The first kappa shape index (κ1) is 23.3. The Morgan fingerprint density at radius 1 is 1.08 bits per heavy atom. The van der Waals surface area contributed by atoms with Crippen molar-refractivity contribution in [2.45, 2.75) is 32.1 Å². The van der Waals surface area contributed by atoms with E-state index in [4.69, 9.17) is 4.74 Å². The quantitative estimate of drug-likeness (QED) is 0.184. The van der Waals surface area contributed by atoms with Gasteiger partial charge in [-0.05, 0) is 92.7 Å². The summed E-state index contributed by atoms with van der Waals surface area (Å²) in [7, 11) is -3.48. The first-order valence-electron chi connectivity index (χ1n) is 7.42. The van der Waals surface area contributed by atoms with Crippen molar-refractivity contribution in [1.29, 1.82) is 0 Å². The van der Waals surface area contributed by atoms with Crippen molar-refractivity contribution in [2.24, 2.45) is 0 Å². The molecule has 0 atom stereocenters. The van der Waals surface area contributed by atoms with Crippen molar-refractivity contribution in [2.75, 3.05) is 12.9 Å². The van der Waals surface area contributed by atoms with Gasteiger partial charge in [-0.25, -0.2) is 13.2 Å². The monoisotopic (exact) mass is 705 g/mol. The van der Waals surface area contributed by atoms with Crippen LogP contribution in [0.1, 0.15) is 42.5 Å². The van der Waals surface area contributed by atoms with Gasteiger partial charge in [0.25, 0.3) is 0 Å². The first-order chi connectivity index (χ1) is 11.6. The van der Waals surface area contributed by atoms with Crippen LogP contribution in [0.15, 0.2) is 12.1 Å². The lowest BCUT2D eigenvalue weighted by atomic mass is 10.1. The van der Waals surface area contributed by atoms with E-state index in [0.29, 0.717) is 25.0 Å². The van der Waals surface area contributed by atoms with E-state index in [-0.39, 0.29) is 12.4 Å². The van der Waals surface area contributed by atoms with Crippen molar-refractivity contribution < 1.29 is 22.7 Å². The summed E-state index contributed by atoms with van der Waals surface area (Å²) in [4.78, 5) is 23.5. The lowest BCUT2D eigenvalue weighted by molar-refractivity contribution is -0.119. The maximum Gasteiger partial charge on any atom is 0.339 e. The molecule has 0 aliphatic heterocycles. The Balaban J connectivity index is 2.24. The van der Waals surface area contributed by atoms with E-state index in [9.17, 15) is 18.0 Å². The molecule has 10 heteroatoms. The molecular formula is C15H18I3NO5S. The first-order valence-corrected chi connectivity index (χ1v) is 12.5. The number of hydrogen-bond acceptors (Lipinski definition) is 5. The summed E-state index contributed by atoms with van der Waals surface area (Å²) in [6.45, 7) is 0.326. The van der Waals surface area contributed by atoms with Crippen LogP contribution in [0.4, 0.5) is 0 Å². The normalized spacial score (nSPS) is 11.2. The van der Waals surface area contributed by atoms with Gasteiger partial charge in [-0.15, -0.1) is 0 Å². The van der Waals surface area contributed by atoms with Gasteiger partial charge in [0, 0.05) is 17.1 Å². The fraction of sp³-hybridized carbons (Fsp3) is 0.467. The maximum absolute atomic E-state index is 12.1. The minimum atomic E-state index is -3.48. The lowest BCUT2D eigenvalue weighted by Gasteiger charge is -2.08. The van der Waals surface area contributed by atoms with Crippen LogP contribution in [0.3, 0.4) is 0 Å². The Morgan fingerprint density at radius 2 is 1.72 bits per heavy atom. The second kappa shape index (κ2) is 11.2. The SMILES string of the molecule is CS(=O)(=O)NC(=O)CCCCCCOC(=O)c1cc(I)cc(I)c1I. The van der Waals surface area contributed by atoms with Gasteiger partial charge in [-0.3, -0.25) is 9.52 Å². The number of ether oxygens (including phenoxy) is 1. The highest BCUT2D eigenvalue weighted by Crippen LogP contribution is 2.23. The molecule has 1 amide bonds. The number of sulfonamides is 1. The third kappa shape index (κ3) is 9.70. The van der Waals surface area contributed by atoms with Gasteiger partial charge in [-0.1, -0.05) is 12.8 Å². The van der Waals surface area contributed by atoms with E-state index in [0.717, 1.165) is 29.8 Å². The predicted molar refractivity (Wildman–Crippen MR) is 121 cm³/mol. The van der Waals surface area contributed by atoms with E-state index in [1.165, 1.54) is 0 Å². The highest BCUT2D eigenvalue weighted by molar-refractivity contribution is 14.1. The molecule has 0 spiro atoms. The molecule has 0 bridgehead atoms. The molecule has 0 saturated carbocycles. The number of unbranched alkanes of at least 4 members (excludes halogenated alkanes) is 3. The van der Waals surface area contributed by atoms with Gasteiger partial charge in [0.15, 0.2) is 0 Å². The van der Waals surface area contributed by atoms with E-state index >= 15 is 0 Å². The van der Waals surface area contributed by atoms with E-state index in [1.807, 2.05) is 16.9 Å². The molecule has 25 heavy (non-hydrogen) atoms. The standard InChI is InChI=1S/C15H18I3NO5S/c1-25(22,23)19-13(20)6-4-2-3-5-7-24-15(21)11-8-10(16)9-12(17)14(11)18/h8-9H,2-7H2,1H3,(H,19,20). The largest absolute Gasteiger partial charge is 0.462 e. The number of rotatable bonds is 9. The van der Waals surface area contributed by atoms with Crippen molar-refractivity contribution in [1.82, 2.24) is 4.72 Å². The van der Waals surface area contributed by atoms with Crippen molar-refractivity contribution in [3.05, 3.63) is 28.4 Å². The Hall–Kier alpha value is 0.300. The van der Waals surface area contributed by atoms with Crippen molar-refractivity contribution in [3.8, 4) is 0 Å². The minimum Gasteiger partial charge on any atom is -0.462 e. The second-order valence-electron chi connectivity index (χ2n) is 5.35.